The van der Waals surface area contributed by atoms with Gasteiger partial charge in [-0.1, -0.05) is 6.92 Å². The summed E-state index contributed by atoms with van der Waals surface area (Å²) in [4.78, 5) is 35.0. The molecule has 0 bridgehead atoms. The number of nitrogens with zero attached hydrogens (tertiary/aromatic N) is 3. The van der Waals surface area contributed by atoms with E-state index < -0.39 is 5.91 Å². The molecule has 3 atom stereocenters. The lowest BCUT2D eigenvalue weighted by molar-refractivity contribution is -0.117. The van der Waals surface area contributed by atoms with Crippen molar-refractivity contribution in [3.63, 3.8) is 0 Å². The van der Waals surface area contributed by atoms with Gasteiger partial charge in [0, 0.05) is 42.4 Å². The van der Waals surface area contributed by atoms with Gasteiger partial charge >= 0.3 is 0 Å². The molecule has 152 valence electrons. The Morgan fingerprint density at radius 2 is 2.03 bits per heavy atom. The number of fused-ring (bicyclic) bond motifs is 1. The lowest BCUT2D eigenvalue weighted by atomic mass is 9.79. The summed E-state index contributed by atoms with van der Waals surface area (Å²) in [5.74, 6) is 0.933. The molecule has 1 aromatic carbocycles. The number of benzene rings is 1. The molecule has 8 heteroatoms. The number of anilines is 2. The third kappa shape index (κ3) is 3.50. The second-order valence-corrected chi connectivity index (χ2v) is 7.76. The van der Waals surface area contributed by atoms with Crippen molar-refractivity contribution in [3.8, 4) is 5.88 Å². The molecule has 4 rings (SSSR count). The summed E-state index contributed by atoms with van der Waals surface area (Å²) in [7, 11) is 1.55. The van der Waals surface area contributed by atoms with Crippen LogP contribution in [0.2, 0.25) is 0 Å². The van der Waals surface area contributed by atoms with Crippen LogP contribution in [0.4, 0.5) is 11.6 Å². The SMILES string of the molecule is COc1ccnc(N[C@H]2c3cc(C(N)=O)ccc3N(C(C)=O)[C@@H](C3CC3)[C@@H]2C)n1. The summed E-state index contributed by atoms with van der Waals surface area (Å²) in [6.07, 6.45) is 3.84. The van der Waals surface area contributed by atoms with E-state index in [1.54, 1.807) is 38.4 Å². The van der Waals surface area contributed by atoms with Gasteiger partial charge in [0.05, 0.1) is 13.2 Å². The first-order valence-electron chi connectivity index (χ1n) is 9.77. The Hall–Kier alpha value is -3.16. The number of nitrogens with one attached hydrogen (secondary N) is 1. The number of rotatable bonds is 5. The van der Waals surface area contributed by atoms with Gasteiger partial charge in [-0.05, 0) is 42.5 Å². The van der Waals surface area contributed by atoms with Crippen molar-refractivity contribution in [1.82, 2.24) is 9.97 Å². The minimum Gasteiger partial charge on any atom is -0.481 e. The van der Waals surface area contributed by atoms with Crippen molar-refractivity contribution in [1.29, 1.82) is 0 Å². The van der Waals surface area contributed by atoms with E-state index in [9.17, 15) is 9.59 Å². The van der Waals surface area contributed by atoms with Crippen LogP contribution in [0.5, 0.6) is 5.88 Å². The minimum absolute atomic E-state index is 0.00194. The average Bonchev–Trinajstić information content (AvgIpc) is 3.54. The summed E-state index contributed by atoms with van der Waals surface area (Å²) in [6.45, 7) is 3.71. The van der Waals surface area contributed by atoms with Crippen molar-refractivity contribution < 1.29 is 14.3 Å². The van der Waals surface area contributed by atoms with E-state index >= 15 is 0 Å². The molecule has 1 saturated carbocycles. The first kappa shape index (κ1) is 19.2. The molecule has 2 heterocycles. The number of primary amides is 1. The van der Waals surface area contributed by atoms with Gasteiger partial charge < -0.3 is 20.7 Å². The van der Waals surface area contributed by atoms with Crippen LogP contribution in [0.1, 0.15) is 48.7 Å². The third-order valence-electron chi connectivity index (χ3n) is 5.84. The van der Waals surface area contributed by atoms with Crippen LogP contribution in [0, 0.1) is 11.8 Å². The van der Waals surface area contributed by atoms with E-state index in [0.717, 1.165) is 24.1 Å². The van der Waals surface area contributed by atoms with Gasteiger partial charge in [0.1, 0.15) is 0 Å². The van der Waals surface area contributed by atoms with Crippen molar-refractivity contribution >= 4 is 23.5 Å². The van der Waals surface area contributed by atoms with Crippen molar-refractivity contribution in [2.75, 3.05) is 17.3 Å². The molecule has 0 unspecified atom stereocenters. The fraction of sp³-hybridized carbons (Fsp3) is 0.429. The summed E-state index contributed by atoms with van der Waals surface area (Å²) in [6, 6.07) is 6.83. The largest absolute Gasteiger partial charge is 0.481 e. The number of ether oxygens (including phenoxy) is 1. The standard InChI is InChI=1S/C21H25N5O3/c1-11-18(25-21-23-9-8-17(24-21)29-3)15-10-14(20(22)28)6-7-16(15)26(12(2)27)19(11)13-4-5-13/h6-11,13,18-19H,4-5H2,1-3H3,(H2,22,28)(H,23,24,25)/t11-,18-,19-/m1/s1. The number of hydrogen-bond acceptors (Lipinski definition) is 6. The average molecular weight is 395 g/mol. The highest BCUT2D eigenvalue weighted by atomic mass is 16.5. The second-order valence-electron chi connectivity index (χ2n) is 7.76. The van der Waals surface area contributed by atoms with E-state index in [2.05, 4.69) is 22.2 Å². The molecule has 1 aromatic heterocycles. The molecular formula is C21H25N5O3. The molecule has 3 N–H and O–H groups in total. The molecule has 8 nitrogen and oxygen atoms in total. The van der Waals surface area contributed by atoms with Gasteiger partial charge in [-0.15, -0.1) is 0 Å². The highest BCUT2D eigenvalue weighted by Crippen LogP contribution is 2.50. The fourth-order valence-corrected chi connectivity index (χ4v) is 4.38. The normalized spacial score (nSPS) is 23.3. The van der Waals surface area contributed by atoms with Gasteiger partial charge in [-0.3, -0.25) is 9.59 Å². The van der Waals surface area contributed by atoms with Crippen molar-refractivity contribution in [2.24, 2.45) is 17.6 Å². The second kappa shape index (κ2) is 7.35. The summed E-state index contributed by atoms with van der Waals surface area (Å²) >= 11 is 0. The Labute approximate surface area is 169 Å². The number of methoxy groups -OCH3 is 1. The van der Waals surface area contributed by atoms with Gasteiger partial charge in [-0.2, -0.15) is 4.98 Å². The van der Waals surface area contributed by atoms with E-state index in [1.165, 1.54) is 0 Å². The molecule has 2 amide bonds. The van der Waals surface area contributed by atoms with E-state index in [4.69, 9.17) is 10.5 Å². The number of carbonyl (C=O) groups excluding carboxylic acids is 2. The first-order valence-corrected chi connectivity index (χ1v) is 9.77. The van der Waals surface area contributed by atoms with Crippen molar-refractivity contribution in [3.05, 3.63) is 41.6 Å². The van der Waals surface area contributed by atoms with Crippen molar-refractivity contribution in [2.45, 2.75) is 38.8 Å². The van der Waals surface area contributed by atoms with Crippen LogP contribution in [0.15, 0.2) is 30.5 Å². The van der Waals surface area contributed by atoms with Crippen LogP contribution < -0.4 is 20.7 Å². The maximum atomic E-state index is 12.6. The topological polar surface area (TPSA) is 110 Å². The maximum Gasteiger partial charge on any atom is 0.248 e. The molecule has 1 aliphatic carbocycles. The van der Waals surface area contributed by atoms with Gasteiger partial charge in [0.25, 0.3) is 0 Å². The predicted molar refractivity (Wildman–Crippen MR) is 109 cm³/mol. The molecule has 0 spiro atoms. The van der Waals surface area contributed by atoms with E-state index in [1.807, 2.05) is 11.0 Å². The van der Waals surface area contributed by atoms with Gasteiger partial charge in [-0.25, -0.2) is 4.98 Å². The lowest BCUT2D eigenvalue weighted by Gasteiger charge is -2.45. The Morgan fingerprint density at radius 1 is 1.28 bits per heavy atom. The quantitative estimate of drug-likeness (QED) is 0.805. The fourth-order valence-electron chi connectivity index (χ4n) is 4.38. The highest BCUT2D eigenvalue weighted by Gasteiger charge is 2.47. The Bertz CT molecular complexity index is 959. The molecular weight excluding hydrogens is 370 g/mol. The summed E-state index contributed by atoms with van der Waals surface area (Å²) in [5, 5.41) is 3.41. The van der Waals surface area contributed by atoms with Crippen LogP contribution in [0.25, 0.3) is 0 Å². The Balaban J connectivity index is 1.82. The van der Waals surface area contributed by atoms with E-state index in [-0.39, 0.29) is 23.9 Å². The summed E-state index contributed by atoms with van der Waals surface area (Å²) in [5.41, 5.74) is 7.57. The molecule has 0 saturated heterocycles. The number of nitrogens with two attached hydrogens (primary N) is 1. The zero-order valence-corrected chi connectivity index (χ0v) is 16.8. The first-order chi connectivity index (χ1) is 13.9. The lowest BCUT2D eigenvalue weighted by Crippen LogP contribution is -2.51. The van der Waals surface area contributed by atoms with Gasteiger partial charge in [0.2, 0.25) is 23.6 Å². The number of carbonyl (C=O) groups is 2. The molecule has 0 radical (unpaired) electrons. The van der Waals surface area contributed by atoms with E-state index in [0.29, 0.717) is 23.3 Å². The van der Waals surface area contributed by atoms with Crippen LogP contribution in [-0.2, 0) is 4.79 Å². The zero-order valence-electron chi connectivity index (χ0n) is 16.8. The monoisotopic (exact) mass is 395 g/mol. The maximum absolute atomic E-state index is 12.6. The van der Waals surface area contributed by atoms with Crippen LogP contribution >= 0.6 is 0 Å². The van der Waals surface area contributed by atoms with Crippen LogP contribution in [-0.4, -0.2) is 34.9 Å². The Kier molecular flexibility index (Phi) is 4.86. The molecule has 29 heavy (non-hydrogen) atoms. The van der Waals surface area contributed by atoms with Crippen LogP contribution in [0.3, 0.4) is 0 Å². The highest BCUT2D eigenvalue weighted by molar-refractivity contribution is 5.97. The molecule has 1 aliphatic heterocycles. The number of aromatic nitrogens is 2. The molecule has 2 aliphatic rings. The molecule has 2 aromatic rings. The number of amides is 2. The smallest absolute Gasteiger partial charge is 0.248 e. The minimum atomic E-state index is -0.504. The zero-order chi connectivity index (χ0) is 20.7. The van der Waals surface area contributed by atoms with Gasteiger partial charge in [0.15, 0.2) is 0 Å². The Morgan fingerprint density at radius 3 is 2.66 bits per heavy atom. The molecule has 1 fully saturated rings. The number of hydrogen-bond donors (Lipinski definition) is 2. The third-order valence-corrected chi connectivity index (χ3v) is 5.84. The predicted octanol–water partition coefficient (Wildman–Crippen LogP) is 2.52. The summed E-state index contributed by atoms with van der Waals surface area (Å²) < 4.78 is 5.20.